The highest BCUT2D eigenvalue weighted by Crippen LogP contribution is 2.43. The van der Waals surface area contributed by atoms with Crippen molar-refractivity contribution < 1.29 is 22.1 Å². The molecule has 7 heteroatoms. The Bertz CT molecular complexity index is 804. The van der Waals surface area contributed by atoms with E-state index in [9.17, 15) is 12.8 Å². The molecule has 0 amide bonds. The minimum Gasteiger partial charge on any atom is -0.398 e. The van der Waals surface area contributed by atoms with Crippen molar-refractivity contribution in [3.05, 3.63) is 41.1 Å². The Kier molecular flexibility index (Phi) is 4.87. The summed E-state index contributed by atoms with van der Waals surface area (Å²) in [6.45, 7) is 9.43. The molecule has 0 N–H and O–H groups in total. The summed E-state index contributed by atoms with van der Waals surface area (Å²) in [6, 6.07) is 6.84. The highest BCUT2D eigenvalue weighted by Gasteiger charge is 2.54. The van der Waals surface area contributed by atoms with Crippen LogP contribution in [0.2, 0.25) is 0 Å². The number of halogens is 1. The van der Waals surface area contributed by atoms with E-state index < -0.39 is 33.9 Å². The Morgan fingerprint density at radius 3 is 2.12 bits per heavy atom. The van der Waals surface area contributed by atoms with E-state index in [1.54, 1.807) is 24.3 Å². The standard InChI is InChI=1S/C19H26BFO4S/c1-13-6-8-16(9-7-13)26(22,23)12-14-10-15(11-14)17(21)20-24-18(2,3)19(4,5)25-20/h6-9,14H,10-12H2,1-5H3. The summed E-state index contributed by atoms with van der Waals surface area (Å²) in [5.41, 5.74) is 0.0450. The van der Waals surface area contributed by atoms with E-state index in [1.807, 2.05) is 34.6 Å². The summed E-state index contributed by atoms with van der Waals surface area (Å²) < 4.78 is 51.1. The minimum absolute atomic E-state index is 0.0379. The molecule has 1 aromatic rings. The van der Waals surface area contributed by atoms with Crippen molar-refractivity contribution in [3.63, 3.8) is 0 Å². The fourth-order valence-corrected chi connectivity index (χ4v) is 4.81. The normalized spacial score (nSPS) is 24.5. The van der Waals surface area contributed by atoms with Gasteiger partial charge in [-0.2, -0.15) is 0 Å². The number of aryl methyl sites for hydroxylation is 1. The first-order valence-corrected chi connectivity index (χ1v) is 10.6. The lowest BCUT2D eigenvalue weighted by Crippen LogP contribution is -2.41. The van der Waals surface area contributed by atoms with Crippen molar-refractivity contribution in [3.8, 4) is 0 Å². The van der Waals surface area contributed by atoms with Gasteiger partial charge in [-0.05, 0) is 71.1 Å². The van der Waals surface area contributed by atoms with E-state index in [4.69, 9.17) is 9.31 Å². The van der Waals surface area contributed by atoms with E-state index in [0.717, 1.165) is 5.56 Å². The highest BCUT2D eigenvalue weighted by atomic mass is 32.2. The SMILES string of the molecule is Cc1ccc(S(=O)(=O)CC2CC(=C(F)B3OC(C)(C)C(C)(C)O3)C2)cc1. The van der Waals surface area contributed by atoms with Crippen molar-refractivity contribution in [2.45, 2.75) is 63.6 Å². The van der Waals surface area contributed by atoms with Crippen molar-refractivity contribution >= 4 is 17.0 Å². The van der Waals surface area contributed by atoms with Crippen LogP contribution in [0.25, 0.3) is 0 Å². The summed E-state index contributed by atoms with van der Waals surface area (Å²) in [5.74, 6) is -0.0274. The second kappa shape index (κ2) is 6.46. The number of benzene rings is 1. The van der Waals surface area contributed by atoms with Crippen LogP contribution in [0.5, 0.6) is 0 Å². The van der Waals surface area contributed by atoms with Crippen LogP contribution in [0.1, 0.15) is 46.1 Å². The van der Waals surface area contributed by atoms with Gasteiger partial charge in [0.1, 0.15) is 5.73 Å². The van der Waals surface area contributed by atoms with Gasteiger partial charge in [0, 0.05) is 0 Å². The maximum Gasteiger partial charge on any atom is 0.525 e. The molecule has 2 fully saturated rings. The molecule has 142 valence electrons. The van der Waals surface area contributed by atoms with E-state index >= 15 is 0 Å². The van der Waals surface area contributed by atoms with Gasteiger partial charge in [-0.25, -0.2) is 12.8 Å². The largest absolute Gasteiger partial charge is 0.525 e. The zero-order chi connectivity index (χ0) is 19.3. The maximum absolute atomic E-state index is 14.7. The van der Waals surface area contributed by atoms with Gasteiger partial charge >= 0.3 is 7.12 Å². The average Bonchev–Trinajstić information content (AvgIpc) is 2.71. The van der Waals surface area contributed by atoms with Crippen LogP contribution >= 0.6 is 0 Å². The topological polar surface area (TPSA) is 52.6 Å². The van der Waals surface area contributed by atoms with E-state index in [-0.39, 0.29) is 11.7 Å². The first kappa shape index (κ1) is 19.6. The minimum atomic E-state index is -3.35. The second-order valence-corrected chi connectivity index (χ2v) is 10.4. The summed E-state index contributed by atoms with van der Waals surface area (Å²) >= 11 is 0. The predicted molar refractivity (Wildman–Crippen MR) is 100 cm³/mol. The summed E-state index contributed by atoms with van der Waals surface area (Å²) in [6.07, 6.45) is 0.863. The Balaban J connectivity index is 1.63. The molecule has 1 saturated heterocycles. The summed E-state index contributed by atoms with van der Waals surface area (Å²) in [4.78, 5) is 0.326. The van der Waals surface area contributed by atoms with Crippen LogP contribution in [0.4, 0.5) is 4.39 Å². The van der Waals surface area contributed by atoms with E-state index in [0.29, 0.717) is 23.3 Å². The molecular formula is C19H26BFO4S. The molecule has 1 heterocycles. The maximum atomic E-state index is 14.7. The van der Waals surface area contributed by atoms with Crippen molar-refractivity contribution in [2.24, 2.45) is 5.92 Å². The number of hydrogen-bond donors (Lipinski definition) is 0. The van der Waals surface area contributed by atoms with Crippen LogP contribution < -0.4 is 0 Å². The van der Waals surface area contributed by atoms with Crippen molar-refractivity contribution in [1.29, 1.82) is 0 Å². The van der Waals surface area contributed by atoms with Crippen LogP contribution in [0.3, 0.4) is 0 Å². The Hall–Kier alpha value is -1.18. The van der Waals surface area contributed by atoms with E-state index in [1.165, 1.54) is 0 Å². The van der Waals surface area contributed by atoms with Gasteiger partial charge in [0.2, 0.25) is 0 Å². The number of hydrogen-bond acceptors (Lipinski definition) is 4. The van der Waals surface area contributed by atoms with Crippen LogP contribution in [-0.4, -0.2) is 32.5 Å². The average molecular weight is 380 g/mol. The summed E-state index contributed by atoms with van der Waals surface area (Å²) in [7, 11) is -4.35. The third kappa shape index (κ3) is 3.62. The van der Waals surface area contributed by atoms with Gasteiger partial charge in [0.05, 0.1) is 21.9 Å². The van der Waals surface area contributed by atoms with Gasteiger partial charge in [0.15, 0.2) is 9.84 Å². The lowest BCUT2D eigenvalue weighted by molar-refractivity contribution is 0.00578. The second-order valence-electron chi connectivity index (χ2n) is 8.41. The molecule has 1 saturated carbocycles. The molecule has 0 atom stereocenters. The first-order valence-electron chi connectivity index (χ1n) is 8.94. The Labute approximate surface area is 155 Å². The molecule has 4 nitrogen and oxygen atoms in total. The third-order valence-electron chi connectivity index (χ3n) is 5.70. The number of rotatable bonds is 4. The fraction of sp³-hybridized carbons (Fsp3) is 0.579. The lowest BCUT2D eigenvalue weighted by atomic mass is 9.73. The molecule has 26 heavy (non-hydrogen) atoms. The Morgan fingerprint density at radius 1 is 1.12 bits per heavy atom. The monoisotopic (exact) mass is 380 g/mol. The van der Waals surface area contributed by atoms with E-state index in [2.05, 4.69) is 0 Å². The lowest BCUT2D eigenvalue weighted by Gasteiger charge is -2.32. The molecule has 3 rings (SSSR count). The number of allylic oxidation sites excluding steroid dienone is 1. The zero-order valence-corrected chi connectivity index (χ0v) is 16.8. The molecular weight excluding hydrogens is 354 g/mol. The van der Waals surface area contributed by atoms with Gasteiger partial charge < -0.3 is 9.31 Å². The quantitative estimate of drug-likeness (QED) is 0.740. The van der Waals surface area contributed by atoms with Gasteiger partial charge in [-0.3, -0.25) is 0 Å². The molecule has 0 unspecified atom stereocenters. The van der Waals surface area contributed by atoms with Crippen LogP contribution in [0.15, 0.2) is 40.5 Å². The predicted octanol–water partition coefficient (Wildman–Crippen LogP) is 4.03. The van der Waals surface area contributed by atoms with Crippen molar-refractivity contribution in [1.82, 2.24) is 0 Å². The zero-order valence-electron chi connectivity index (χ0n) is 16.0. The van der Waals surface area contributed by atoms with Gasteiger partial charge in [0.25, 0.3) is 0 Å². The van der Waals surface area contributed by atoms with Crippen LogP contribution in [0, 0.1) is 12.8 Å². The molecule has 1 aliphatic heterocycles. The first-order chi connectivity index (χ1) is 11.9. The molecule has 0 radical (unpaired) electrons. The summed E-state index contributed by atoms with van der Waals surface area (Å²) in [5, 5.41) is 0. The van der Waals surface area contributed by atoms with Gasteiger partial charge in [-0.1, -0.05) is 17.7 Å². The molecule has 1 aromatic carbocycles. The highest BCUT2D eigenvalue weighted by molar-refractivity contribution is 7.91. The van der Waals surface area contributed by atoms with Gasteiger partial charge in [-0.15, -0.1) is 0 Å². The fourth-order valence-electron chi connectivity index (χ4n) is 3.22. The van der Waals surface area contributed by atoms with Crippen molar-refractivity contribution in [2.75, 3.05) is 5.75 Å². The third-order valence-corrected chi connectivity index (χ3v) is 7.60. The molecule has 0 spiro atoms. The number of sulfone groups is 1. The molecule has 2 aliphatic rings. The van der Waals surface area contributed by atoms with Crippen LogP contribution in [-0.2, 0) is 19.1 Å². The molecule has 0 bridgehead atoms. The smallest absolute Gasteiger partial charge is 0.398 e. The Morgan fingerprint density at radius 2 is 1.62 bits per heavy atom. The molecule has 0 aromatic heterocycles. The molecule has 1 aliphatic carbocycles.